The van der Waals surface area contributed by atoms with Crippen molar-refractivity contribution in [2.24, 2.45) is 5.73 Å². The first-order chi connectivity index (χ1) is 5.75. The Balaban J connectivity index is 2.79. The zero-order valence-electron chi connectivity index (χ0n) is 7.13. The number of hydrogen-bond donors (Lipinski definition) is 1. The summed E-state index contributed by atoms with van der Waals surface area (Å²) in [5.41, 5.74) is 5.95. The van der Waals surface area contributed by atoms with Gasteiger partial charge in [-0.1, -0.05) is 12.1 Å². The van der Waals surface area contributed by atoms with Crippen molar-refractivity contribution in [3.63, 3.8) is 0 Å². The fourth-order valence-corrected chi connectivity index (χ4v) is 1.08. The Bertz CT molecular complexity index is 250. The van der Waals surface area contributed by atoms with E-state index in [0.717, 1.165) is 0 Å². The molecule has 1 rings (SSSR count). The van der Waals surface area contributed by atoms with Gasteiger partial charge in [0.15, 0.2) is 0 Å². The van der Waals surface area contributed by atoms with Crippen molar-refractivity contribution in [1.29, 1.82) is 0 Å². The lowest BCUT2D eigenvalue weighted by Crippen LogP contribution is -2.25. The van der Waals surface area contributed by atoms with E-state index in [1.165, 1.54) is 6.07 Å². The highest BCUT2D eigenvalue weighted by Gasteiger charge is 2.03. The van der Waals surface area contributed by atoms with Crippen LogP contribution in [0.25, 0.3) is 0 Å². The van der Waals surface area contributed by atoms with Crippen molar-refractivity contribution in [3.8, 4) is 0 Å². The van der Waals surface area contributed by atoms with Gasteiger partial charge in [0.25, 0.3) is 0 Å². The molecule has 2 N–H and O–H groups in total. The average Bonchev–Trinajstić information content (AvgIpc) is 2.05. The van der Waals surface area contributed by atoms with Crippen LogP contribution in [0.3, 0.4) is 0 Å². The summed E-state index contributed by atoms with van der Waals surface area (Å²) in [6.45, 7) is 1.20. The molecule has 0 aliphatic carbocycles. The standard InChI is InChI=1S/C9H13FN2/c1-12(7-6-11)9-5-3-2-4-8(9)10/h2-5H,6-7,11H2,1H3. The van der Waals surface area contributed by atoms with Gasteiger partial charge < -0.3 is 10.6 Å². The minimum atomic E-state index is -0.201. The number of benzene rings is 1. The summed E-state index contributed by atoms with van der Waals surface area (Å²) in [6, 6.07) is 6.67. The molecular formula is C9H13FN2. The van der Waals surface area contributed by atoms with Crippen LogP contribution in [0, 0.1) is 5.82 Å². The maximum Gasteiger partial charge on any atom is 0.146 e. The number of nitrogens with two attached hydrogens (primary N) is 1. The highest BCUT2D eigenvalue weighted by molar-refractivity contribution is 5.46. The zero-order chi connectivity index (χ0) is 8.97. The predicted molar refractivity (Wildman–Crippen MR) is 48.7 cm³/mol. The summed E-state index contributed by atoms with van der Waals surface area (Å²) in [5, 5.41) is 0. The fraction of sp³-hybridized carbons (Fsp3) is 0.333. The summed E-state index contributed by atoms with van der Waals surface area (Å²) in [7, 11) is 1.82. The SMILES string of the molecule is CN(CCN)c1ccccc1F. The molecule has 0 bridgehead atoms. The number of anilines is 1. The molecule has 0 unspecified atom stereocenters. The van der Waals surface area contributed by atoms with Crippen LogP contribution in [0.15, 0.2) is 24.3 Å². The lowest BCUT2D eigenvalue weighted by molar-refractivity contribution is 0.622. The molecule has 3 heteroatoms. The second-order valence-electron chi connectivity index (χ2n) is 2.66. The molecule has 0 radical (unpaired) electrons. The summed E-state index contributed by atoms with van der Waals surface area (Å²) >= 11 is 0. The Kier molecular flexibility index (Phi) is 3.05. The maximum absolute atomic E-state index is 13.1. The van der Waals surface area contributed by atoms with Crippen molar-refractivity contribution in [2.45, 2.75) is 0 Å². The van der Waals surface area contributed by atoms with Gasteiger partial charge >= 0.3 is 0 Å². The van der Waals surface area contributed by atoms with Crippen molar-refractivity contribution in [1.82, 2.24) is 0 Å². The molecule has 0 aliphatic heterocycles. The van der Waals surface area contributed by atoms with Gasteiger partial charge in [0.2, 0.25) is 0 Å². The van der Waals surface area contributed by atoms with Crippen LogP contribution in [-0.4, -0.2) is 20.1 Å². The third-order valence-corrected chi connectivity index (χ3v) is 1.73. The molecule has 0 aromatic heterocycles. The molecule has 0 saturated carbocycles. The molecule has 66 valence electrons. The van der Waals surface area contributed by atoms with Gasteiger partial charge in [-0.2, -0.15) is 0 Å². The summed E-state index contributed by atoms with van der Waals surface area (Å²) in [5.74, 6) is -0.201. The number of likely N-dealkylation sites (N-methyl/N-ethyl adjacent to an activating group) is 1. The number of para-hydroxylation sites is 1. The summed E-state index contributed by atoms with van der Waals surface area (Å²) in [4.78, 5) is 1.80. The molecule has 0 amide bonds. The number of nitrogens with zero attached hydrogens (tertiary/aromatic N) is 1. The van der Waals surface area contributed by atoms with Crippen LogP contribution in [0.1, 0.15) is 0 Å². The molecule has 0 fully saturated rings. The lowest BCUT2D eigenvalue weighted by atomic mass is 10.3. The molecular weight excluding hydrogens is 155 g/mol. The minimum absolute atomic E-state index is 0.201. The van der Waals surface area contributed by atoms with Crippen molar-refractivity contribution >= 4 is 5.69 Å². The van der Waals surface area contributed by atoms with Crippen molar-refractivity contribution in [3.05, 3.63) is 30.1 Å². The largest absolute Gasteiger partial charge is 0.371 e. The minimum Gasteiger partial charge on any atom is -0.371 e. The fourth-order valence-electron chi connectivity index (χ4n) is 1.08. The molecule has 2 nitrogen and oxygen atoms in total. The Morgan fingerprint density at radius 3 is 2.67 bits per heavy atom. The second-order valence-corrected chi connectivity index (χ2v) is 2.66. The van der Waals surface area contributed by atoms with Gasteiger partial charge in [-0.05, 0) is 12.1 Å². The van der Waals surface area contributed by atoms with Crippen LogP contribution in [0.4, 0.5) is 10.1 Å². The van der Waals surface area contributed by atoms with E-state index >= 15 is 0 Å². The van der Waals surface area contributed by atoms with Crippen molar-refractivity contribution in [2.75, 3.05) is 25.0 Å². The van der Waals surface area contributed by atoms with Gasteiger partial charge in [0.05, 0.1) is 5.69 Å². The Morgan fingerprint density at radius 1 is 1.42 bits per heavy atom. The van der Waals surface area contributed by atoms with Crippen molar-refractivity contribution < 1.29 is 4.39 Å². The van der Waals surface area contributed by atoms with E-state index in [2.05, 4.69) is 0 Å². The highest BCUT2D eigenvalue weighted by atomic mass is 19.1. The monoisotopic (exact) mass is 168 g/mol. The van der Waals surface area contributed by atoms with Gasteiger partial charge in [-0.3, -0.25) is 0 Å². The number of halogens is 1. The molecule has 12 heavy (non-hydrogen) atoms. The van der Waals surface area contributed by atoms with E-state index in [4.69, 9.17) is 5.73 Å². The first-order valence-corrected chi connectivity index (χ1v) is 3.91. The topological polar surface area (TPSA) is 29.3 Å². The summed E-state index contributed by atoms with van der Waals surface area (Å²) < 4.78 is 13.1. The maximum atomic E-state index is 13.1. The molecule has 1 aromatic carbocycles. The molecule has 1 aromatic rings. The van der Waals surface area contributed by atoms with Crippen LogP contribution in [0.5, 0.6) is 0 Å². The predicted octanol–water partition coefficient (Wildman–Crippen LogP) is 1.22. The molecule has 0 spiro atoms. The van der Waals surface area contributed by atoms with E-state index in [9.17, 15) is 4.39 Å². The van der Waals surface area contributed by atoms with Gasteiger partial charge in [-0.15, -0.1) is 0 Å². The highest BCUT2D eigenvalue weighted by Crippen LogP contribution is 2.15. The summed E-state index contributed by atoms with van der Waals surface area (Å²) in [6.07, 6.45) is 0. The second kappa shape index (κ2) is 4.07. The normalized spacial score (nSPS) is 9.92. The van der Waals surface area contributed by atoms with E-state index in [1.54, 1.807) is 17.0 Å². The van der Waals surface area contributed by atoms with Gasteiger partial charge in [0.1, 0.15) is 5.82 Å². The number of hydrogen-bond acceptors (Lipinski definition) is 2. The molecule has 0 saturated heterocycles. The average molecular weight is 168 g/mol. The molecule has 0 aliphatic rings. The quantitative estimate of drug-likeness (QED) is 0.735. The molecule has 0 atom stereocenters. The van der Waals surface area contributed by atoms with E-state index in [0.29, 0.717) is 18.8 Å². The Hall–Kier alpha value is -1.09. The number of rotatable bonds is 3. The Labute approximate surface area is 71.8 Å². The van der Waals surface area contributed by atoms with E-state index < -0.39 is 0 Å². The van der Waals surface area contributed by atoms with Gasteiger partial charge in [-0.25, -0.2) is 4.39 Å². The zero-order valence-corrected chi connectivity index (χ0v) is 7.13. The first kappa shape index (κ1) is 9.00. The molecule has 0 heterocycles. The first-order valence-electron chi connectivity index (χ1n) is 3.91. The van der Waals surface area contributed by atoms with Crippen LogP contribution in [0.2, 0.25) is 0 Å². The smallest absolute Gasteiger partial charge is 0.146 e. The third kappa shape index (κ3) is 1.95. The van der Waals surface area contributed by atoms with Crippen LogP contribution < -0.4 is 10.6 Å². The van der Waals surface area contributed by atoms with Crippen LogP contribution >= 0.6 is 0 Å². The third-order valence-electron chi connectivity index (χ3n) is 1.73. The van der Waals surface area contributed by atoms with E-state index in [-0.39, 0.29) is 5.82 Å². The van der Waals surface area contributed by atoms with Gasteiger partial charge in [0, 0.05) is 20.1 Å². The lowest BCUT2D eigenvalue weighted by Gasteiger charge is -2.18. The van der Waals surface area contributed by atoms with E-state index in [1.807, 2.05) is 13.1 Å². The van der Waals surface area contributed by atoms with Crippen LogP contribution in [-0.2, 0) is 0 Å². The Morgan fingerprint density at radius 2 is 2.08 bits per heavy atom.